The molecule has 0 radical (unpaired) electrons. The Kier molecular flexibility index (Phi) is 1.88. The highest BCUT2D eigenvalue weighted by Gasteiger charge is 2.29. The zero-order valence-electron chi connectivity index (χ0n) is 8.62. The quantitative estimate of drug-likeness (QED) is 0.554. The topological polar surface area (TPSA) is 30.0 Å². The van der Waals surface area contributed by atoms with Crippen molar-refractivity contribution in [1.29, 1.82) is 0 Å². The Morgan fingerprint density at radius 2 is 1.88 bits per heavy atom. The molecule has 3 heteroatoms. The van der Waals surface area contributed by atoms with E-state index in [0.717, 1.165) is 16.7 Å². The van der Waals surface area contributed by atoms with Gasteiger partial charge in [-0.15, -0.1) is 0 Å². The molecule has 0 unspecified atom stereocenters. The predicted molar refractivity (Wildman–Crippen MR) is 62.9 cm³/mol. The molecule has 0 fully saturated rings. The Morgan fingerprint density at radius 1 is 1.19 bits per heavy atom. The van der Waals surface area contributed by atoms with Gasteiger partial charge in [-0.1, -0.05) is 35.9 Å². The average Bonchev–Trinajstić information content (AvgIpc) is 2.54. The first-order chi connectivity index (χ1) is 7.68. The molecule has 1 aliphatic rings. The molecule has 0 atom stereocenters. The van der Waals surface area contributed by atoms with Gasteiger partial charge in [-0.2, -0.15) is 0 Å². The van der Waals surface area contributed by atoms with Gasteiger partial charge in [0.2, 0.25) is 0 Å². The Morgan fingerprint density at radius 3 is 2.62 bits per heavy atom. The van der Waals surface area contributed by atoms with Crippen LogP contribution < -0.4 is 0 Å². The van der Waals surface area contributed by atoms with E-state index in [4.69, 9.17) is 11.6 Å². The van der Waals surface area contributed by atoms with Gasteiger partial charge in [0.05, 0.1) is 11.3 Å². The van der Waals surface area contributed by atoms with Gasteiger partial charge < -0.3 is 0 Å². The number of hydrogen-bond acceptors (Lipinski definition) is 2. The van der Waals surface area contributed by atoms with Gasteiger partial charge in [-0.3, -0.25) is 4.79 Å². The maximum atomic E-state index is 12.1. The zero-order valence-corrected chi connectivity index (χ0v) is 9.38. The smallest absolute Gasteiger partial charge is 0.196 e. The molecule has 0 bridgehead atoms. The van der Waals surface area contributed by atoms with Crippen molar-refractivity contribution in [2.24, 2.45) is 0 Å². The van der Waals surface area contributed by atoms with E-state index in [0.29, 0.717) is 16.4 Å². The van der Waals surface area contributed by atoms with E-state index in [-0.39, 0.29) is 5.78 Å². The number of aryl methyl sites for hydroxylation is 1. The molecule has 1 aromatic heterocycles. The van der Waals surface area contributed by atoms with E-state index in [9.17, 15) is 4.79 Å². The summed E-state index contributed by atoms with van der Waals surface area (Å²) in [6, 6.07) is 9.22. The lowest BCUT2D eigenvalue weighted by molar-refractivity contribution is 0.104. The fourth-order valence-corrected chi connectivity index (χ4v) is 2.38. The van der Waals surface area contributed by atoms with Crippen LogP contribution in [0.15, 0.2) is 30.3 Å². The van der Waals surface area contributed by atoms with Gasteiger partial charge in [0, 0.05) is 11.1 Å². The third-order valence-corrected chi connectivity index (χ3v) is 3.03. The minimum Gasteiger partial charge on any atom is -0.288 e. The highest BCUT2D eigenvalue weighted by atomic mass is 35.5. The Hall–Kier alpha value is -1.67. The molecule has 0 spiro atoms. The van der Waals surface area contributed by atoms with Crippen molar-refractivity contribution in [2.75, 3.05) is 0 Å². The van der Waals surface area contributed by atoms with Crippen LogP contribution in [0.1, 0.15) is 21.5 Å². The first-order valence-electron chi connectivity index (χ1n) is 5.00. The number of ketones is 1. The number of halogens is 1. The standard InChI is InChI=1S/C13H8ClNO/c1-7-6-10(14)15-12-8-4-2-3-5-9(8)13(16)11(7)12/h2-6H,1H3. The number of aromatic nitrogens is 1. The average molecular weight is 230 g/mol. The second-order valence-corrected chi connectivity index (χ2v) is 4.25. The van der Waals surface area contributed by atoms with Crippen LogP contribution in [0.25, 0.3) is 11.3 Å². The van der Waals surface area contributed by atoms with Gasteiger partial charge in [0.1, 0.15) is 5.15 Å². The van der Waals surface area contributed by atoms with Gasteiger partial charge >= 0.3 is 0 Å². The van der Waals surface area contributed by atoms with Gasteiger partial charge in [0.15, 0.2) is 5.78 Å². The van der Waals surface area contributed by atoms with E-state index >= 15 is 0 Å². The molecule has 3 rings (SSSR count). The third-order valence-electron chi connectivity index (χ3n) is 2.84. The van der Waals surface area contributed by atoms with Crippen LogP contribution in [-0.2, 0) is 0 Å². The number of nitrogens with zero attached hydrogens (tertiary/aromatic N) is 1. The first-order valence-corrected chi connectivity index (χ1v) is 5.37. The second-order valence-electron chi connectivity index (χ2n) is 3.86. The molecule has 1 aromatic carbocycles. The van der Waals surface area contributed by atoms with Gasteiger partial charge in [0.25, 0.3) is 0 Å². The number of carbonyl (C=O) groups excluding carboxylic acids is 1. The lowest BCUT2D eigenvalue weighted by atomic mass is 10.1. The van der Waals surface area contributed by atoms with E-state index in [1.807, 2.05) is 31.2 Å². The summed E-state index contributed by atoms with van der Waals surface area (Å²) in [7, 11) is 0. The molecule has 0 amide bonds. The van der Waals surface area contributed by atoms with Crippen molar-refractivity contribution in [3.8, 4) is 11.3 Å². The summed E-state index contributed by atoms with van der Waals surface area (Å²) < 4.78 is 0. The van der Waals surface area contributed by atoms with Gasteiger partial charge in [-0.05, 0) is 18.6 Å². The maximum absolute atomic E-state index is 12.1. The summed E-state index contributed by atoms with van der Waals surface area (Å²) in [6.07, 6.45) is 0. The second kappa shape index (κ2) is 3.16. The number of benzene rings is 1. The fourth-order valence-electron chi connectivity index (χ4n) is 2.14. The van der Waals surface area contributed by atoms with Crippen LogP contribution in [0.5, 0.6) is 0 Å². The van der Waals surface area contributed by atoms with E-state index in [2.05, 4.69) is 4.98 Å². The number of carbonyl (C=O) groups is 1. The van der Waals surface area contributed by atoms with Crippen molar-refractivity contribution in [3.63, 3.8) is 0 Å². The van der Waals surface area contributed by atoms with Crippen molar-refractivity contribution in [1.82, 2.24) is 4.98 Å². The number of pyridine rings is 1. The van der Waals surface area contributed by atoms with Crippen LogP contribution >= 0.6 is 11.6 Å². The van der Waals surface area contributed by atoms with Crippen LogP contribution in [0.4, 0.5) is 0 Å². The summed E-state index contributed by atoms with van der Waals surface area (Å²) in [5, 5.41) is 0.431. The van der Waals surface area contributed by atoms with Crippen LogP contribution in [0, 0.1) is 6.92 Å². The molecular weight excluding hydrogens is 222 g/mol. The SMILES string of the molecule is Cc1cc(Cl)nc2c1C(=O)c1ccccc1-2. The summed E-state index contributed by atoms with van der Waals surface area (Å²) in [5.41, 5.74) is 3.89. The fraction of sp³-hybridized carbons (Fsp3) is 0.0769. The monoisotopic (exact) mass is 229 g/mol. The van der Waals surface area contributed by atoms with Crippen LogP contribution in [0.3, 0.4) is 0 Å². The van der Waals surface area contributed by atoms with Crippen LogP contribution in [-0.4, -0.2) is 10.8 Å². The summed E-state index contributed by atoms with van der Waals surface area (Å²) >= 11 is 5.92. The number of rotatable bonds is 0. The van der Waals surface area contributed by atoms with Crippen molar-refractivity contribution in [3.05, 3.63) is 52.2 Å². The molecule has 2 nitrogen and oxygen atoms in total. The van der Waals surface area contributed by atoms with Crippen molar-refractivity contribution < 1.29 is 4.79 Å². The summed E-state index contributed by atoms with van der Waals surface area (Å²) in [5.74, 6) is 0.0484. The van der Waals surface area contributed by atoms with E-state index < -0.39 is 0 Å². The molecular formula is C13H8ClNO. The highest BCUT2D eigenvalue weighted by molar-refractivity contribution is 6.30. The highest BCUT2D eigenvalue weighted by Crippen LogP contribution is 2.37. The Bertz CT molecular complexity index is 619. The first kappa shape index (κ1) is 9.55. The Balaban J connectivity index is 2.42. The molecule has 1 heterocycles. The molecule has 2 aromatic rings. The van der Waals surface area contributed by atoms with E-state index in [1.54, 1.807) is 6.07 Å². The number of hydrogen-bond donors (Lipinski definition) is 0. The third kappa shape index (κ3) is 1.14. The van der Waals surface area contributed by atoms with Crippen molar-refractivity contribution >= 4 is 17.4 Å². The summed E-state index contributed by atoms with van der Waals surface area (Å²) in [6.45, 7) is 1.89. The van der Waals surface area contributed by atoms with Gasteiger partial charge in [-0.25, -0.2) is 4.98 Å². The normalized spacial score (nSPS) is 12.5. The van der Waals surface area contributed by atoms with E-state index in [1.165, 1.54) is 0 Å². The molecule has 0 aliphatic heterocycles. The largest absolute Gasteiger partial charge is 0.288 e. The summed E-state index contributed by atoms with van der Waals surface area (Å²) in [4.78, 5) is 16.4. The minimum atomic E-state index is 0.0484. The Labute approximate surface area is 97.9 Å². The molecule has 1 aliphatic carbocycles. The number of fused-ring (bicyclic) bond motifs is 3. The zero-order chi connectivity index (χ0) is 11.3. The molecule has 0 saturated heterocycles. The molecule has 0 saturated carbocycles. The molecule has 78 valence electrons. The lowest BCUT2D eigenvalue weighted by Gasteiger charge is -2.02. The maximum Gasteiger partial charge on any atom is 0.196 e. The molecule has 16 heavy (non-hydrogen) atoms. The molecule has 0 N–H and O–H groups in total. The van der Waals surface area contributed by atoms with Crippen molar-refractivity contribution in [2.45, 2.75) is 6.92 Å². The predicted octanol–water partition coefficient (Wildman–Crippen LogP) is 3.25. The van der Waals surface area contributed by atoms with Crippen LogP contribution in [0.2, 0.25) is 5.15 Å². The lowest BCUT2D eigenvalue weighted by Crippen LogP contribution is -1.98. The minimum absolute atomic E-state index is 0.0484.